The predicted molar refractivity (Wildman–Crippen MR) is 227 cm³/mol. The molecule has 1 aliphatic rings. The Bertz CT molecular complexity index is 2320. The Kier molecular flexibility index (Phi) is 9.00. The van der Waals surface area contributed by atoms with Gasteiger partial charge in [0.15, 0.2) is 0 Å². The van der Waals surface area contributed by atoms with E-state index in [0.29, 0.717) is 0 Å². The summed E-state index contributed by atoms with van der Waals surface area (Å²) in [5.74, 6) is 0. The second-order valence-corrected chi connectivity index (χ2v) is 15.8. The van der Waals surface area contributed by atoms with Crippen molar-refractivity contribution in [3.05, 3.63) is 193 Å². The van der Waals surface area contributed by atoms with E-state index in [4.69, 9.17) is 0 Å². The van der Waals surface area contributed by atoms with Crippen molar-refractivity contribution in [1.29, 1.82) is 0 Å². The molecule has 0 aromatic heterocycles. The molecule has 0 aliphatic heterocycles. The van der Waals surface area contributed by atoms with Crippen molar-refractivity contribution in [2.24, 2.45) is 0 Å². The van der Waals surface area contributed by atoms with Crippen LogP contribution in [0, 0.1) is 6.92 Å². The summed E-state index contributed by atoms with van der Waals surface area (Å²) in [6.45, 7) is 11.7. The molecule has 7 aromatic rings. The molecule has 8 rings (SSSR count). The quantitative estimate of drug-likeness (QED) is 0.157. The third kappa shape index (κ3) is 6.90. The lowest BCUT2D eigenvalue weighted by Crippen LogP contribution is -2.33. The number of rotatable bonds is 8. The molecule has 2 heteroatoms. The van der Waals surface area contributed by atoms with Gasteiger partial charge in [0.25, 0.3) is 0 Å². The van der Waals surface area contributed by atoms with Crippen LogP contribution in [0.3, 0.4) is 0 Å². The van der Waals surface area contributed by atoms with Gasteiger partial charge in [-0.1, -0.05) is 131 Å². The van der Waals surface area contributed by atoms with Gasteiger partial charge in [-0.2, -0.15) is 0 Å². The molecule has 0 unspecified atom stereocenters. The third-order valence-corrected chi connectivity index (χ3v) is 11.2. The van der Waals surface area contributed by atoms with Crippen molar-refractivity contribution >= 4 is 34.1 Å². The highest BCUT2D eigenvalue weighted by Gasteiger charge is 2.37. The van der Waals surface area contributed by atoms with Crippen LogP contribution in [-0.4, -0.2) is 0 Å². The topological polar surface area (TPSA) is 6.48 Å². The summed E-state index contributed by atoms with van der Waals surface area (Å²) in [5, 5.41) is 0. The summed E-state index contributed by atoms with van der Waals surface area (Å²) in [4.78, 5) is 4.66. The van der Waals surface area contributed by atoms with E-state index in [2.05, 4.69) is 220 Å². The monoisotopic (exact) mass is 688 g/mol. The number of nitrogens with zero attached hydrogens (tertiary/aromatic N) is 2. The van der Waals surface area contributed by atoms with E-state index in [1.165, 1.54) is 51.8 Å². The van der Waals surface area contributed by atoms with Gasteiger partial charge in [0.1, 0.15) is 0 Å². The van der Waals surface area contributed by atoms with Crippen LogP contribution < -0.4 is 9.80 Å². The molecular weight excluding hydrogens is 641 g/mol. The summed E-state index contributed by atoms with van der Waals surface area (Å²) in [7, 11) is 0. The second-order valence-electron chi connectivity index (χ2n) is 15.8. The normalized spacial score (nSPS) is 14.3. The van der Waals surface area contributed by atoms with Gasteiger partial charge in [-0.25, -0.2) is 0 Å². The zero-order valence-electron chi connectivity index (χ0n) is 31.6. The van der Waals surface area contributed by atoms with Gasteiger partial charge < -0.3 is 9.80 Å². The average molecular weight is 689 g/mol. The fraction of sp³-hybridized carbons (Fsp3) is 0.176. The molecule has 0 spiro atoms. The van der Waals surface area contributed by atoms with Gasteiger partial charge in [0.05, 0.1) is 0 Å². The predicted octanol–water partition coefficient (Wildman–Crippen LogP) is 14.6. The first kappa shape index (κ1) is 34.2. The molecule has 0 N–H and O–H groups in total. The van der Waals surface area contributed by atoms with Crippen molar-refractivity contribution in [2.75, 3.05) is 9.80 Å². The summed E-state index contributed by atoms with van der Waals surface area (Å²) < 4.78 is 0. The minimum atomic E-state index is 0.184. The highest BCUT2D eigenvalue weighted by molar-refractivity contribution is 5.81. The van der Waals surface area contributed by atoms with E-state index >= 15 is 0 Å². The van der Waals surface area contributed by atoms with Crippen molar-refractivity contribution in [3.63, 3.8) is 0 Å². The number of hydrogen-bond donors (Lipinski definition) is 0. The van der Waals surface area contributed by atoms with Gasteiger partial charge in [0, 0.05) is 34.1 Å². The molecule has 7 aromatic carbocycles. The van der Waals surface area contributed by atoms with Gasteiger partial charge in [0.2, 0.25) is 0 Å². The van der Waals surface area contributed by atoms with Crippen molar-refractivity contribution in [3.8, 4) is 22.3 Å². The maximum absolute atomic E-state index is 2.45. The van der Waals surface area contributed by atoms with Gasteiger partial charge in [-0.05, 0) is 142 Å². The van der Waals surface area contributed by atoms with Crippen molar-refractivity contribution in [1.82, 2.24) is 0 Å². The molecule has 0 saturated carbocycles. The molecule has 2 nitrogen and oxygen atoms in total. The van der Waals surface area contributed by atoms with E-state index in [-0.39, 0.29) is 10.8 Å². The summed E-state index contributed by atoms with van der Waals surface area (Å²) >= 11 is 0. The van der Waals surface area contributed by atoms with Crippen LogP contribution in [0.4, 0.5) is 34.1 Å². The first-order chi connectivity index (χ1) is 25.7. The van der Waals surface area contributed by atoms with Crippen LogP contribution in [0.1, 0.15) is 57.2 Å². The van der Waals surface area contributed by atoms with Crippen LogP contribution in [-0.2, 0) is 10.8 Å². The lowest BCUT2D eigenvalue weighted by atomic mass is 9.63. The highest BCUT2D eigenvalue weighted by Crippen LogP contribution is 2.47. The molecule has 0 radical (unpaired) electrons. The number of anilines is 6. The third-order valence-electron chi connectivity index (χ3n) is 11.2. The number of hydrogen-bond acceptors (Lipinski definition) is 2. The number of benzene rings is 7. The molecule has 0 amide bonds. The molecule has 53 heavy (non-hydrogen) atoms. The van der Waals surface area contributed by atoms with Crippen LogP contribution >= 0.6 is 0 Å². The molecule has 0 heterocycles. The van der Waals surface area contributed by atoms with Gasteiger partial charge in [-0.3, -0.25) is 0 Å². The highest BCUT2D eigenvalue weighted by atomic mass is 15.1. The minimum absolute atomic E-state index is 0.184. The van der Waals surface area contributed by atoms with Crippen LogP contribution in [0.15, 0.2) is 176 Å². The Labute approximate surface area is 316 Å². The van der Waals surface area contributed by atoms with Crippen LogP contribution in [0.2, 0.25) is 0 Å². The fourth-order valence-electron chi connectivity index (χ4n) is 7.99. The van der Waals surface area contributed by atoms with Crippen LogP contribution in [0.5, 0.6) is 0 Å². The molecule has 0 bridgehead atoms. The van der Waals surface area contributed by atoms with Gasteiger partial charge in [-0.15, -0.1) is 0 Å². The minimum Gasteiger partial charge on any atom is -0.311 e. The number of fused-ring (bicyclic) bond motifs is 1. The molecule has 0 saturated heterocycles. The lowest BCUT2D eigenvalue weighted by molar-refractivity contribution is 0.332. The van der Waals surface area contributed by atoms with Gasteiger partial charge >= 0.3 is 0 Å². The first-order valence-electron chi connectivity index (χ1n) is 18.9. The maximum Gasteiger partial charge on any atom is 0.0464 e. The van der Waals surface area contributed by atoms with Crippen molar-refractivity contribution in [2.45, 2.75) is 58.3 Å². The Morgan fingerprint density at radius 3 is 1.19 bits per heavy atom. The zero-order chi connectivity index (χ0) is 36.6. The van der Waals surface area contributed by atoms with E-state index in [1.807, 2.05) is 0 Å². The van der Waals surface area contributed by atoms with E-state index in [9.17, 15) is 0 Å². The maximum atomic E-state index is 2.45. The number of aryl methyl sites for hydroxylation is 1. The molecule has 0 fully saturated rings. The zero-order valence-corrected chi connectivity index (χ0v) is 31.6. The summed E-state index contributed by atoms with van der Waals surface area (Å²) in [5.41, 5.74) is 16.3. The van der Waals surface area contributed by atoms with E-state index < -0.39 is 0 Å². The van der Waals surface area contributed by atoms with E-state index in [0.717, 1.165) is 34.1 Å². The summed E-state index contributed by atoms with van der Waals surface area (Å²) in [6.07, 6.45) is 2.44. The standard InChI is InChI=1S/C51H48N2/c1-37-13-12-18-47(35-37)53(43-16-10-7-11-17-43)46-28-21-39(22-29-46)38-19-26-44(27-20-38)52(42-14-8-6-9-15-42)45-30-23-40(24-31-45)41-25-32-48-49(36-41)51(4,5)34-33-50(48,2)3/h6-32,35-36H,33-34H2,1-5H3. The number of para-hydroxylation sites is 2. The lowest BCUT2D eigenvalue weighted by Gasteiger charge is -2.42. The average Bonchev–Trinajstić information content (AvgIpc) is 3.19. The Morgan fingerprint density at radius 1 is 0.340 bits per heavy atom. The largest absolute Gasteiger partial charge is 0.311 e. The second kappa shape index (κ2) is 13.9. The Balaban J connectivity index is 1.08. The molecular formula is C51H48N2. The molecule has 1 aliphatic carbocycles. The van der Waals surface area contributed by atoms with E-state index in [1.54, 1.807) is 0 Å². The first-order valence-corrected chi connectivity index (χ1v) is 18.9. The molecule has 0 atom stereocenters. The molecule has 262 valence electrons. The smallest absolute Gasteiger partial charge is 0.0464 e. The van der Waals surface area contributed by atoms with Crippen LogP contribution in [0.25, 0.3) is 22.3 Å². The Morgan fingerprint density at radius 2 is 0.717 bits per heavy atom. The Hall–Kier alpha value is -5.86. The fourth-order valence-corrected chi connectivity index (χ4v) is 7.99. The van der Waals surface area contributed by atoms with Crippen molar-refractivity contribution < 1.29 is 0 Å². The summed E-state index contributed by atoms with van der Waals surface area (Å²) in [6, 6.07) is 64.0. The SMILES string of the molecule is Cc1cccc(N(c2ccccc2)c2ccc(-c3ccc(N(c4ccccc4)c4ccc(-c5ccc6c(c5)C(C)(C)CCC6(C)C)cc4)cc3)cc2)c1.